The fraction of sp³-hybridized carbons (Fsp3) is 0.562. The van der Waals surface area contributed by atoms with E-state index >= 15 is 0 Å². The summed E-state index contributed by atoms with van der Waals surface area (Å²) in [5.74, 6) is 0.324. The second-order valence-corrected chi connectivity index (χ2v) is 8.01. The van der Waals surface area contributed by atoms with Gasteiger partial charge in [0.1, 0.15) is 0 Å². The number of amides is 1. The molecule has 1 saturated heterocycles. The van der Waals surface area contributed by atoms with Gasteiger partial charge in [-0.15, -0.1) is 0 Å². The molecule has 22 heavy (non-hydrogen) atoms. The van der Waals surface area contributed by atoms with Crippen LogP contribution in [0.2, 0.25) is 0 Å². The van der Waals surface area contributed by atoms with Crippen LogP contribution in [-0.2, 0) is 14.6 Å². The number of nitrogens with one attached hydrogen (secondary N) is 1. The molecule has 1 aliphatic heterocycles. The Bertz CT molecular complexity index is 611. The van der Waals surface area contributed by atoms with Crippen molar-refractivity contribution >= 4 is 21.4 Å². The van der Waals surface area contributed by atoms with Crippen molar-refractivity contribution < 1.29 is 13.2 Å². The van der Waals surface area contributed by atoms with Gasteiger partial charge in [-0.2, -0.15) is 0 Å². The Kier molecular flexibility index (Phi) is 5.45. The number of benzene rings is 1. The highest BCUT2D eigenvalue weighted by atomic mass is 32.2. The average Bonchev–Trinajstić information content (AvgIpc) is 2.82. The summed E-state index contributed by atoms with van der Waals surface area (Å²) >= 11 is 0. The van der Waals surface area contributed by atoms with Crippen molar-refractivity contribution in [3.8, 4) is 0 Å². The van der Waals surface area contributed by atoms with Crippen molar-refractivity contribution in [1.29, 1.82) is 0 Å². The first-order valence-electron chi connectivity index (χ1n) is 7.71. The molecule has 1 aliphatic rings. The lowest BCUT2D eigenvalue weighted by Crippen LogP contribution is -2.41. The predicted octanol–water partition coefficient (Wildman–Crippen LogP) is 1.83. The number of hydrogen-bond donors (Lipinski definition) is 1. The van der Waals surface area contributed by atoms with Gasteiger partial charge in [0.25, 0.3) is 0 Å². The van der Waals surface area contributed by atoms with E-state index < -0.39 is 9.84 Å². The molecule has 1 amide bonds. The van der Waals surface area contributed by atoms with Gasteiger partial charge in [0.2, 0.25) is 5.91 Å². The Hall–Kier alpha value is -1.56. The number of nitrogens with zero attached hydrogens (tertiary/aromatic N) is 1. The van der Waals surface area contributed by atoms with E-state index in [-0.39, 0.29) is 23.5 Å². The van der Waals surface area contributed by atoms with Gasteiger partial charge in [-0.1, -0.05) is 17.7 Å². The quantitative estimate of drug-likeness (QED) is 0.867. The molecule has 0 spiro atoms. The molecule has 0 saturated carbocycles. The molecule has 122 valence electrons. The van der Waals surface area contributed by atoms with Crippen molar-refractivity contribution in [2.75, 3.05) is 29.9 Å². The zero-order valence-electron chi connectivity index (χ0n) is 13.2. The summed E-state index contributed by atoms with van der Waals surface area (Å²) in [5, 5.41) is 3.22. The fourth-order valence-corrected chi connectivity index (χ4v) is 4.52. The number of rotatable bonds is 6. The van der Waals surface area contributed by atoms with Crippen LogP contribution in [-0.4, -0.2) is 49.9 Å². The average molecular weight is 324 g/mol. The van der Waals surface area contributed by atoms with Crippen molar-refractivity contribution in [3.63, 3.8) is 0 Å². The molecule has 0 aliphatic carbocycles. The summed E-state index contributed by atoms with van der Waals surface area (Å²) in [6, 6.07) is 7.86. The first-order chi connectivity index (χ1) is 10.4. The molecule has 1 N–H and O–H groups in total. The van der Waals surface area contributed by atoms with E-state index in [1.165, 1.54) is 5.56 Å². The van der Waals surface area contributed by atoms with Gasteiger partial charge in [0.15, 0.2) is 9.84 Å². The molecule has 2 rings (SSSR count). The van der Waals surface area contributed by atoms with Gasteiger partial charge < -0.3 is 10.2 Å². The zero-order valence-corrected chi connectivity index (χ0v) is 14.0. The highest BCUT2D eigenvalue weighted by Gasteiger charge is 2.33. The summed E-state index contributed by atoms with van der Waals surface area (Å²) in [4.78, 5) is 14.0. The SMILES string of the molecule is CCN(C(=O)CCNc1ccc(C)cc1)C1CCS(=O)(=O)C1. The molecule has 1 heterocycles. The Balaban J connectivity index is 1.83. The van der Waals surface area contributed by atoms with Crippen LogP contribution in [0.4, 0.5) is 5.69 Å². The molecule has 1 aromatic rings. The number of aryl methyl sites for hydroxylation is 1. The Morgan fingerprint density at radius 2 is 2.00 bits per heavy atom. The summed E-state index contributed by atoms with van der Waals surface area (Å²) in [7, 11) is -2.96. The number of sulfone groups is 1. The van der Waals surface area contributed by atoms with Crippen LogP contribution >= 0.6 is 0 Å². The highest BCUT2D eigenvalue weighted by Crippen LogP contribution is 2.18. The molecule has 0 aromatic heterocycles. The molecule has 1 atom stereocenters. The van der Waals surface area contributed by atoms with E-state index in [0.717, 1.165) is 5.69 Å². The third-order valence-corrected chi connectivity index (χ3v) is 5.78. The normalized spacial score (nSPS) is 19.8. The Morgan fingerprint density at radius 3 is 2.55 bits per heavy atom. The van der Waals surface area contributed by atoms with Crippen LogP contribution in [0.25, 0.3) is 0 Å². The van der Waals surface area contributed by atoms with Crippen LogP contribution < -0.4 is 5.32 Å². The van der Waals surface area contributed by atoms with Crippen molar-refractivity contribution in [1.82, 2.24) is 4.90 Å². The van der Waals surface area contributed by atoms with Crippen LogP contribution in [0, 0.1) is 6.92 Å². The maximum Gasteiger partial charge on any atom is 0.224 e. The molecule has 1 unspecified atom stereocenters. The van der Waals surface area contributed by atoms with Crippen molar-refractivity contribution in [2.45, 2.75) is 32.7 Å². The summed E-state index contributed by atoms with van der Waals surface area (Å²) in [5.41, 5.74) is 2.19. The monoisotopic (exact) mass is 324 g/mol. The molecule has 5 nitrogen and oxygen atoms in total. The molecular formula is C16H24N2O3S. The minimum absolute atomic E-state index is 0.0178. The summed E-state index contributed by atoms with van der Waals surface area (Å²) in [6.45, 7) is 5.04. The van der Waals surface area contributed by atoms with Gasteiger partial charge in [0, 0.05) is 31.2 Å². The number of carbonyl (C=O) groups is 1. The van der Waals surface area contributed by atoms with Crippen LogP contribution in [0.3, 0.4) is 0 Å². The van der Waals surface area contributed by atoms with Gasteiger partial charge in [0.05, 0.1) is 11.5 Å². The van der Waals surface area contributed by atoms with E-state index in [1.807, 2.05) is 38.1 Å². The zero-order chi connectivity index (χ0) is 16.2. The third kappa shape index (κ3) is 4.47. The second kappa shape index (κ2) is 7.13. The minimum atomic E-state index is -2.96. The number of carbonyl (C=O) groups excluding carboxylic acids is 1. The Labute approximate surface area is 132 Å². The summed E-state index contributed by atoms with van der Waals surface area (Å²) < 4.78 is 23.1. The van der Waals surface area contributed by atoms with Gasteiger partial charge in [-0.3, -0.25) is 4.79 Å². The van der Waals surface area contributed by atoms with Gasteiger partial charge in [-0.05, 0) is 32.4 Å². The third-order valence-electron chi connectivity index (χ3n) is 4.03. The molecule has 0 bridgehead atoms. The van der Waals surface area contributed by atoms with E-state index in [2.05, 4.69) is 5.32 Å². The fourth-order valence-electron chi connectivity index (χ4n) is 2.79. The lowest BCUT2D eigenvalue weighted by atomic mass is 10.2. The lowest BCUT2D eigenvalue weighted by molar-refractivity contribution is -0.132. The van der Waals surface area contributed by atoms with Crippen LogP contribution in [0.5, 0.6) is 0 Å². The summed E-state index contributed by atoms with van der Waals surface area (Å²) in [6.07, 6.45) is 0.936. The number of anilines is 1. The molecule has 0 radical (unpaired) electrons. The lowest BCUT2D eigenvalue weighted by Gasteiger charge is -2.27. The largest absolute Gasteiger partial charge is 0.385 e. The molecule has 6 heteroatoms. The predicted molar refractivity (Wildman–Crippen MR) is 88.7 cm³/mol. The topological polar surface area (TPSA) is 66.5 Å². The van der Waals surface area contributed by atoms with Gasteiger partial charge >= 0.3 is 0 Å². The van der Waals surface area contributed by atoms with Crippen molar-refractivity contribution in [3.05, 3.63) is 29.8 Å². The molecule has 1 aromatic carbocycles. The smallest absolute Gasteiger partial charge is 0.224 e. The maximum absolute atomic E-state index is 12.3. The minimum Gasteiger partial charge on any atom is -0.385 e. The number of hydrogen-bond acceptors (Lipinski definition) is 4. The molecular weight excluding hydrogens is 300 g/mol. The Morgan fingerprint density at radius 1 is 1.32 bits per heavy atom. The maximum atomic E-state index is 12.3. The van der Waals surface area contributed by atoms with E-state index in [0.29, 0.717) is 25.9 Å². The van der Waals surface area contributed by atoms with E-state index in [9.17, 15) is 13.2 Å². The van der Waals surface area contributed by atoms with E-state index in [4.69, 9.17) is 0 Å². The van der Waals surface area contributed by atoms with Crippen LogP contribution in [0.1, 0.15) is 25.3 Å². The highest BCUT2D eigenvalue weighted by molar-refractivity contribution is 7.91. The standard InChI is InChI=1S/C16H24N2O3S/c1-3-18(15-9-11-22(20,21)12-15)16(19)8-10-17-14-6-4-13(2)5-7-14/h4-7,15,17H,3,8-12H2,1-2H3. The molecule has 1 fully saturated rings. The van der Waals surface area contributed by atoms with Crippen LogP contribution in [0.15, 0.2) is 24.3 Å². The van der Waals surface area contributed by atoms with E-state index in [1.54, 1.807) is 4.90 Å². The van der Waals surface area contributed by atoms with Gasteiger partial charge in [-0.25, -0.2) is 8.42 Å². The second-order valence-electron chi connectivity index (χ2n) is 5.78. The van der Waals surface area contributed by atoms with Crippen molar-refractivity contribution in [2.24, 2.45) is 0 Å². The first-order valence-corrected chi connectivity index (χ1v) is 9.54. The first kappa shape index (κ1) is 16.8.